The molecule has 9 nitrogen and oxygen atoms in total. The summed E-state index contributed by atoms with van der Waals surface area (Å²) in [5.74, 6) is -1.65. The molecule has 6 rings (SSSR count). The van der Waals surface area contributed by atoms with Gasteiger partial charge in [0.25, 0.3) is 0 Å². The summed E-state index contributed by atoms with van der Waals surface area (Å²) in [6.07, 6.45) is -7.82. The van der Waals surface area contributed by atoms with Gasteiger partial charge in [-0.1, -0.05) is 121 Å². The molecule has 10 atom stereocenters. The van der Waals surface area contributed by atoms with Gasteiger partial charge in [-0.05, 0) is 43.0 Å². The first kappa shape index (κ1) is 36.3. The van der Waals surface area contributed by atoms with Crippen molar-refractivity contribution in [3.05, 3.63) is 144 Å². The number of aliphatic hydroxyl groups is 2. The zero-order valence-electron chi connectivity index (χ0n) is 28.8. The molecule has 2 heterocycles. The van der Waals surface area contributed by atoms with Crippen molar-refractivity contribution < 1.29 is 43.4 Å². The van der Waals surface area contributed by atoms with Gasteiger partial charge in [-0.3, -0.25) is 0 Å². The van der Waals surface area contributed by atoms with E-state index < -0.39 is 60.9 Å². The first-order valence-corrected chi connectivity index (χ1v) is 17.3. The van der Waals surface area contributed by atoms with Gasteiger partial charge in [0.05, 0.1) is 38.6 Å². The second kappa shape index (κ2) is 17.2. The van der Waals surface area contributed by atoms with E-state index in [1.165, 1.54) is 0 Å². The SMILES string of the molecule is C[C@@H]1O[C@@H](O)[C@H](O[C@]2(C)O[C@@H](C)[C@H](OCc3ccccc3)[C@@H](OCc3ccccc3)[C@H]2O)[C@H](OCc2ccccc2)[C@H]1OCc1ccccc1. The second-order valence-corrected chi connectivity index (χ2v) is 13.1. The molecule has 0 unspecified atom stereocenters. The number of rotatable bonds is 14. The lowest BCUT2D eigenvalue weighted by atomic mass is 9.92. The van der Waals surface area contributed by atoms with Gasteiger partial charge in [0.2, 0.25) is 0 Å². The number of ether oxygens (including phenoxy) is 7. The summed E-state index contributed by atoms with van der Waals surface area (Å²) in [4.78, 5) is 0. The summed E-state index contributed by atoms with van der Waals surface area (Å²) in [7, 11) is 0. The third-order valence-electron chi connectivity index (χ3n) is 9.31. The summed E-state index contributed by atoms with van der Waals surface area (Å²) in [5, 5.41) is 23.5. The molecule has 0 aromatic heterocycles. The maximum atomic E-state index is 12.1. The van der Waals surface area contributed by atoms with Crippen LogP contribution in [0.4, 0.5) is 0 Å². The highest BCUT2D eigenvalue weighted by Crippen LogP contribution is 2.39. The summed E-state index contributed by atoms with van der Waals surface area (Å²) in [5.41, 5.74) is 3.86. The molecule has 50 heavy (non-hydrogen) atoms. The van der Waals surface area contributed by atoms with Crippen LogP contribution in [0.1, 0.15) is 43.0 Å². The predicted octanol–water partition coefficient (Wildman–Crippen LogP) is 5.95. The van der Waals surface area contributed by atoms with Crippen molar-refractivity contribution in [3.8, 4) is 0 Å². The van der Waals surface area contributed by atoms with Crippen LogP contribution < -0.4 is 0 Å². The van der Waals surface area contributed by atoms with Crippen molar-refractivity contribution in [1.29, 1.82) is 0 Å². The van der Waals surface area contributed by atoms with E-state index in [0.717, 1.165) is 22.3 Å². The lowest BCUT2D eigenvalue weighted by Crippen LogP contribution is -2.68. The average molecular weight is 685 g/mol. The maximum absolute atomic E-state index is 12.1. The smallest absolute Gasteiger partial charge is 0.195 e. The summed E-state index contributed by atoms with van der Waals surface area (Å²) in [6.45, 7) is 6.44. The van der Waals surface area contributed by atoms with E-state index in [2.05, 4.69) is 0 Å². The fourth-order valence-corrected chi connectivity index (χ4v) is 6.64. The van der Waals surface area contributed by atoms with Crippen LogP contribution >= 0.6 is 0 Å². The molecule has 2 aliphatic rings. The molecule has 2 saturated heterocycles. The minimum absolute atomic E-state index is 0.238. The first-order chi connectivity index (χ1) is 24.3. The van der Waals surface area contributed by atoms with E-state index in [1.807, 2.05) is 135 Å². The summed E-state index contributed by atoms with van der Waals surface area (Å²) >= 11 is 0. The number of aliphatic hydroxyl groups excluding tert-OH is 2. The highest BCUT2D eigenvalue weighted by Gasteiger charge is 2.57. The minimum Gasteiger partial charge on any atom is -0.385 e. The van der Waals surface area contributed by atoms with Gasteiger partial charge in [-0.2, -0.15) is 0 Å². The largest absolute Gasteiger partial charge is 0.385 e. The molecule has 4 aromatic carbocycles. The number of hydrogen-bond donors (Lipinski definition) is 2. The van der Waals surface area contributed by atoms with Crippen molar-refractivity contribution in [2.75, 3.05) is 0 Å². The number of hydrogen-bond acceptors (Lipinski definition) is 9. The molecular weight excluding hydrogens is 636 g/mol. The lowest BCUT2D eigenvalue weighted by molar-refractivity contribution is -0.406. The molecule has 0 saturated carbocycles. The van der Waals surface area contributed by atoms with E-state index in [-0.39, 0.29) is 13.2 Å². The van der Waals surface area contributed by atoms with Crippen molar-refractivity contribution in [1.82, 2.24) is 0 Å². The Morgan fingerprint density at radius 1 is 0.500 bits per heavy atom. The molecule has 9 heteroatoms. The quantitative estimate of drug-likeness (QED) is 0.167. The topological polar surface area (TPSA) is 105 Å². The van der Waals surface area contributed by atoms with Gasteiger partial charge in [-0.15, -0.1) is 0 Å². The number of benzene rings is 4. The van der Waals surface area contributed by atoms with E-state index in [1.54, 1.807) is 6.92 Å². The lowest BCUT2D eigenvalue weighted by Gasteiger charge is -2.52. The molecule has 2 fully saturated rings. The molecular formula is C41H48O9. The Morgan fingerprint density at radius 2 is 0.860 bits per heavy atom. The second-order valence-electron chi connectivity index (χ2n) is 13.1. The summed E-state index contributed by atoms with van der Waals surface area (Å²) in [6, 6.07) is 39.2. The fourth-order valence-electron chi connectivity index (χ4n) is 6.64. The zero-order chi connectivity index (χ0) is 34.9. The van der Waals surface area contributed by atoms with E-state index in [4.69, 9.17) is 33.2 Å². The van der Waals surface area contributed by atoms with Gasteiger partial charge in [0, 0.05) is 0 Å². The van der Waals surface area contributed by atoms with Crippen molar-refractivity contribution in [2.45, 2.75) is 108 Å². The zero-order valence-corrected chi connectivity index (χ0v) is 28.8. The van der Waals surface area contributed by atoms with Crippen molar-refractivity contribution >= 4 is 0 Å². The standard InChI is InChI=1S/C41H48O9/c1-28-34(44-24-30-16-8-4-9-17-30)36(46-26-32-20-12-6-13-21-32)38(40(43)48-28)50-41(3)39(42)37(47-27-33-22-14-7-15-23-33)35(29(2)49-41)45-25-31-18-10-5-11-19-31/h4-23,28-29,34-40,42-43H,24-27H2,1-3H3/t28-,29-,34-,35-,36+,37+,38+,39+,40+,41-/m0/s1. The summed E-state index contributed by atoms with van der Waals surface area (Å²) < 4.78 is 44.9. The molecule has 4 aromatic rings. The molecule has 0 spiro atoms. The molecule has 2 N–H and O–H groups in total. The van der Waals surface area contributed by atoms with Crippen LogP contribution in [0.2, 0.25) is 0 Å². The predicted molar refractivity (Wildman–Crippen MR) is 186 cm³/mol. The van der Waals surface area contributed by atoms with Crippen molar-refractivity contribution in [3.63, 3.8) is 0 Å². The van der Waals surface area contributed by atoms with Crippen LogP contribution in [0, 0.1) is 0 Å². The van der Waals surface area contributed by atoms with Gasteiger partial charge < -0.3 is 43.4 Å². The highest BCUT2D eigenvalue weighted by molar-refractivity contribution is 5.16. The van der Waals surface area contributed by atoms with Crippen LogP contribution in [0.25, 0.3) is 0 Å². The fraction of sp³-hybridized carbons (Fsp3) is 0.415. The van der Waals surface area contributed by atoms with Gasteiger partial charge >= 0.3 is 0 Å². The Balaban J connectivity index is 1.25. The van der Waals surface area contributed by atoms with E-state index in [0.29, 0.717) is 13.2 Å². The van der Waals surface area contributed by atoms with Crippen LogP contribution in [0.5, 0.6) is 0 Å². The Bertz CT molecular complexity index is 1560. The third kappa shape index (κ3) is 9.05. The van der Waals surface area contributed by atoms with Gasteiger partial charge in [-0.25, -0.2) is 0 Å². The Hall–Kier alpha value is -3.48. The highest BCUT2D eigenvalue weighted by atomic mass is 16.8. The van der Waals surface area contributed by atoms with Gasteiger partial charge in [0.15, 0.2) is 12.1 Å². The normalized spacial score (nSPS) is 31.3. The molecule has 0 amide bonds. The van der Waals surface area contributed by atoms with Crippen LogP contribution in [0.3, 0.4) is 0 Å². The van der Waals surface area contributed by atoms with Gasteiger partial charge in [0.1, 0.15) is 36.6 Å². The monoisotopic (exact) mass is 684 g/mol. The molecule has 2 aliphatic heterocycles. The Kier molecular flexibility index (Phi) is 12.5. The van der Waals surface area contributed by atoms with Crippen LogP contribution in [-0.2, 0) is 59.6 Å². The first-order valence-electron chi connectivity index (χ1n) is 17.3. The van der Waals surface area contributed by atoms with Crippen molar-refractivity contribution in [2.24, 2.45) is 0 Å². The van der Waals surface area contributed by atoms with E-state index >= 15 is 0 Å². The Labute approximate surface area is 294 Å². The minimum atomic E-state index is -1.65. The molecule has 0 bridgehead atoms. The average Bonchev–Trinajstić information content (AvgIpc) is 3.14. The molecule has 0 aliphatic carbocycles. The van der Waals surface area contributed by atoms with Crippen LogP contribution in [-0.4, -0.2) is 71.1 Å². The molecule has 266 valence electrons. The van der Waals surface area contributed by atoms with E-state index in [9.17, 15) is 10.2 Å². The maximum Gasteiger partial charge on any atom is 0.195 e. The van der Waals surface area contributed by atoms with Crippen LogP contribution in [0.15, 0.2) is 121 Å². The third-order valence-corrected chi connectivity index (χ3v) is 9.31. The molecule has 0 radical (unpaired) electrons. The Morgan fingerprint density at radius 3 is 1.28 bits per heavy atom.